The summed E-state index contributed by atoms with van der Waals surface area (Å²) in [5.74, 6) is -1.52. The van der Waals surface area contributed by atoms with Crippen LogP contribution in [0, 0.1) is 5.82 Å². The number of anilines is 1. The van der Waals surface area contributed by atoms with Crippen LogP contribution in [0.15, 0.2) is 18.2 Å². The van der Waals surface area contributed by atoms with E-state index in [9.17, 15) is 14.0 Å². The summed E-state index contributed by atoms with van der Waals surface area (Å²) in [6, 6.07) is 4.23. The van der Waals surface area contributed by atoms with Crippen LogP contribution in [-0.4, -0.2) is 22.2 Å². The average Bonchev–Trinajstić information content (AvgIpc) is 2.51. The molecule has 0 spiro atoms. The van der Waals surface area contributed by atoms with Crippen molar-refractivity contribution in [2.24, 2.45) is 0 Å². The second kappa shape index (κ2) is 7.67. The Kier molecular flexibility index (Phi) is 5.81. The SMILES string of the molecule is CCc1c(Cl)ccc(-c2cc(NC(C)=O)c(Cl)c(OC(=O)O)n2)c1F. The molecule has 2 aromatic rings. The molecule has 1 aromatic heterocycles. The topological polar surface area (TPSA) is 88.5 Å². The first-order valence-electron chi connectivity index (χ1n) is 7.10. The fraction of sp³-hybridized carbons (Fsp3) is 0.188. The first kappa shape index (κ1) is 19.0. The predicted molar refractivity (Wildman–Crippen MR) is 92.0 cm³/mol. The van der Waals surface area contributed by atoms with Crippen LogP contribution in [0.1, 0.15) is 19.4 Å². The zero-order valence-corrected chi connectivity index (χ0v) is 14.7. The highest BCUT2D eigenvalue weighted by molar-refractivity contribution is 6.35. The lowest BCUT2D eigenvalue weighted by Gasteiger charge is -2.13. The number of nitrogens with one attached hydrogen (secondary N) is 1. The van der Waals surface area contributed by atoms with Crippen molar-refractivity contribution >= 4 is 41.0 Å². The van der Waals surface area contributed by atoms with Gasteiger partial charge in [-0.15, -0.1) is 0 Å². The quantitative estimate of drug-likeness (QED) is 0.738. The molecule has 0 bridgehead atoms. The zero-order chi connectivity index (χ0) is 18.7. The van der Waals surface area contributed by atoms with Crippen molar-refractivity contribution in [2.75, 3.05) is 5.32 Å². The van der Waals surface area contributed by atoms with Crippen molar-refractivity contribution in [3.8, 4) is 17.1 Å². The molecule has 0 aliphatic heterocycles. The second-order valence-corrected chi connectivity index (χ2v) is 5.75. The minimum atomic E-state index is -1.65. The van der Waals surface area contributed by atoms with Gasteiger partial charge in [-0.25, -0.2) is 14.2 Å². The highest BCUT2D eigenvalue weighted by Crippen LogP contribution is 2.37. The van der Waals surface area contributed by atoms with Crippen LogP contribution in [0.25, 0.3) is 11.3 Å². The number of hydrogen-bond donors (Lipinski definition) is 2. The molecule has 0 unspecified atom stereocenters. The van der Waals surface area contributed by atoms with Crippen LogP contribution in [0.5, 0.6) is 5.88 Å². The number of halogens is 3. The van der Waals surface area contributed by atoms with Crippen molar-refractivity contribution in [3.63, 3.8) is 0 Å². The van der Waals surface area contributed by atoms with Gasteiger partial charge in [0.15, 0.2) is 0 Å². The Morgan fingerprint density at radius 1 is 1.36 bits per heavy atom. The van der Waals surface area contributed by atoms with E-state index in [1.807, 2.05) is 0 Å². The molecule has 25 heavy (non-hydrogen) atoms. The molecule has 0 aliphatic carbocycles. The first-order valence-corrected chi connectivity index (χ1v) is 7.86. The van der Waals surface area contributed by atoms with Gasteiger partial charge in [0.2, 0.25) is 11.8 Å². The number of hydrogen-bond acceptors (Lipinski definition) is 4. The number of ether oxygens (including phenoxy) is 1. The van der Waals surface area contributed by atoms with E-state index >= 15 is 0 Å². The number of amides is 1. The second-order valence-electron chi connectivity index (χ2n) is 4.96. The van der Waals surface area contributed by atoms with Crippen LogP contribution < -0.4 is 10.1 Å². The van der Waals surface area contributed by atoms with E-state index in [0.29, 0.717) is 6.42 Å². The Morgan fingerprint density at radius 3 is 2.60 bits per heavy atom. The molecule has 0 saturated carbocycles. The lowest BCUT2D eigenvalue weighted by molar-refractivity contribution is -0.114. The Bertz CT molecular complexity index is 821. The highest BCUT2D eigenvalue weighted by Gasteiger charge is 2.20. The standard InChI is InChI=1S/C16H13Cl2FN2O4/c1-3-8-10(17)5-4-9(14(8)19)11-6-12(20-7(2)22)13(18)15(21-11)25-16(23)24/h4-6H,3H2,1-2H3,(H,23,24)(H,20,21,22). The fourth-order valence-electron chi connectivity index (χ4n) is 2.19. The van der Waals surface area contributed by atoms with Crippen molar-refractivity contribution in [1.82, 2.24) is 4.98 Å². The molecule has 1 heterocycles. The fourth-order valence-corrected chi connectivity index (χ4v) is 2.66. The smallest absolute Gasteiger partial charge is 0.449 e. The molecule has 0 fully saturated rings. The van der Waals surface area contributed by atoms with Crippen LogP contribution in [0.4, 0.5) is 14.9 Å². The van der Waals surface area contributed by atoms with Crippen molar-refractivity contribution in [1.29, 1.82) is 0 Å². The summed E-state index contributed by atoms with van der Waals surface area (Å²) in [4.78, 5) is 26.1. The first-order chi connectivity index (χ1) is 11.7. The van der Waals surface area contributed by atoms with Gasteiger partial charge in [-0.2, -0.15) is 0 Å². The van der Waals surface area contributed by atoms with Gasteiger partial charge in [-0.1, -0.05) is 30.1 Å². The Labute approximate surface area is 152 Å². The van der Waals surface area contributed by atoms with Gasteiger partial charge < -0.3 is 15.2 Å². The number of rotatable bonds is 4. The summed E-state index contributed by atoms with van der Waals surface area (Å²) in [6.07, 6.45) is -1.30. The summed E-state index contributed by atoms with van der Waals surface area (Å²) in [5.41, 5.74) is 0.438. The maximum Gasteiger partial charge on any atom is 0.512 e. The molecule has 1 amide bonds. The van der Waals surface area contributed by atoms with Crippen molar-refractivity contribution in [2.45, 2.75) is 20.3 Å². The summed E-state index contributed by atoms with van der Waals surface area (Å²) >= 11 is 12.0. The molecule has 132 valence electrons. The largest absolute Gasteiger partial charge is 0.512 e. The molecule has 0 radical (unpaired) electrons. The maximum absolute atomic E-state index is 14.7. The minimum absolute atomic E-state index is 0.0354. The summed E-state index contributed by atoms with van der Waals surface area (Å²) in [5, 5.41) is 11.3. The number of nitrogens with zero attached hydrogens (tertiary/aromatic N) is 1. The van der Waals surface area contributed by atoms with Crippen molar-refractivity contribution in [3.05, 3.63) is 39.6 Å². The van der Waals surface area contributed by atoms with Gasteiger partial charge in [-0.3, -0.25) is 4.79 Å². The third-order valence-electron chi connectivity index (χ3n) is 3.24. The predicted octanol–water partition coefficient (Wildman–Crippen LogP) is 4.77. The van der Waals surface area contributed by atoms with Gasteiger partial charge in [-0.05, 0) is 24.6 Å². The Hall–Kier alpha value is -2.38. The van der Waals surface area contributed by atoms with E-state index in [-0.39, 0.29) is 32.6 Å². The van der Waals surface area contributed by atoms with Gasteiger partial charge >= 0.3 is 6.16 Å². The molecule has 0 saturated heterocycles. The van der Waals surface area contributed by atoms with E-state index < -0.39 is 23.8 Å². The monoisotopic (exact) mass is 386 g/mol. The van der Waals surface area contributed by atoms with Gasteiger partial charge in [0.25, 0.3) is 0 Å². The van der Waals surface area contributed by atoms with Gasteiger partial charge in [0, 0.05) is 23.1 Å². The van der Waals surface area contributed by atoms with E-state index in [1.54, 1.807) is 6.92 Å². The molecular formula is C16H13Cl2FN2O4. The van der Waals surface area contributed by atoms with E-state index in [2.05, 4.69) is 15.0 Å². The number of carbonyl (C=O) groups is 2. The Morgan fingerprint density at radius 2 is 2.04 bits per heavy atom. The van der Waals surface area contributed by atoms with E-state index in [4.69, 9.17) is 28.3 Å². The summed E-state index contributed by atoms with van der Waals surface area (Å²) < 4.78 is 19.2. The lowest BCUT2D eigenvalue weighted by atomic mass is 10.0. The van der Waals surface area contributed by atoms with Crippen LogP contribution in [0.2, 0.25) is 10.0 Å². The molecule has 2 rings (SSSR count). The molecule has 9 heteroatoms. The molecule has 1 aromatic carbocycles. The van der Waals surface area contributed by atoms with Crippen LogP contribution >= 0.6 is 23.2 Å². The minimum Gasteiger partial charge on any atom is -0.449 e. The Balaban J connectivity index is 2.69. The lowest BCUT2D eigenvalue weighted by Crippen LogP contribution is -2.10. The number of carboxylic acid groups (broad SMARTS) is 1. The molecule has 0 atom stereocenters. The number of benzene rings is 1. The van der Waals surface area contributed by atoms with Crippen LogP contribution in [-0.2, 0) is 11.2 Å². The third kappa shape index (κ3) is 4.18. The van der Waals surface area contributed by atoms with E-state index in [0.717, 1.165) is 0 Å². The number of aromatic nitrogens is 1. The van der Waals surface area contributed by atoms with Gasteiger partial charge in [0.05, 0.1) is 11.4 Å². The summed E-state index contributed by atoms with van der Waals surface area (Å²) in [6.45, 7) is 2.98. The highest BCUT2D eigenvalue weighted by atomic mass is 35.5. The molecule has 0 aliphatic rings. The molecule has 6 nitrogen and oxygen atoms in total. The number of pyridine rings is 1. The van der Waals surface area contributed by atoms with E-state index in [1.165, 1.54) is 25.1 Å². The van der Waals surface area contributed by atoms with Crippen molar-refractivity contribution < 1.29 is 23.8 Å². The maximum atomic E-state index is 14.7. The average molecular weight is 387 g/mol. The molecule has 2 N–H and O–H groups in total. The summed E-state index contributed by atoms with van der Waals surface area (Å²) in [7, 11) is 0. The molecular weight excluding hydrogens is 374 g/mol. The number of carbonyl (C=O) groups excluding carboxylic acids is 1. The van der Waals surface area contributed by atoms with Crippen LogP contribution in [0.3, 0.4) is 0 Å². The zero-order valence-electron chi connectivity index (χ0n) is 13.2. The third-order valence-corrected chi connectivity index (χ3v) is 3.96. The normalized spacial score (nSPS) is 10.4. The van der Waals surface area contributed by atoms with Gasteiger partial charge in [0.1, 0.15) is 10.8 Å².